The van der Waals surface area contributed by atoms with Gasteiger partial charge < -0.3 is 106 Å². The molecule has 3 unspecified atom stereocenters. The van der Waals surface area contributed by atoms with Crippen LogP contribution in [0.5, 0.6) is 0 Å². The summed E-state index contributed by atoms with van der Waals surface area (Å²) in [5.41, 5.74) is 5.13. The van der Waals surface area contributed by atoms with Gasteiger partial charge in [0.05, 0.1) is 43.9 Å². The lowest BCUT2D eigenvalue weighted by molar-refractivity contribution is -0.201. The normalized spacial score (nSPS) is 23.8. The number of nitrogens with two attached hydrogens (primary N) is 3. The number of nitrogens with zero attached hydrogens (tertiary/aromatic N) is 8. The molecule has 14 N–H and O–H groups in total. The number of anilines is 6. The fourth-order valence-electron chi connectivity index (χ4n) is 15.1. The Labute approximate surface area is 766 Å². The van der Waals surface area contributed by atoms with Gasteiger partial charge in [0.1, 0.15) is 41.9 Å². The summed E-state index contributed by atoms with van der Waals surface area (Å²) < 4.78 is 63.8. The van der Waals surface area contributed by atoms with E-state index in [0.717, 1.165) is 41.5 Å². The fraction of sp³-hybridized carbons (Fsp3) is 0.461. The molecule has 716 valence electrons. The quantitative estimate of drug-likeness (QED) is 0.0126. The molecule has 6 saturated heterocycles. The number of aliphatic carboxylic acids is 2. The minimum atomic E-state index is -2.86. The lowest BCUT2D eigenvalue weighted by Crippen LogP contribution is -2.55. The summed E-state index contributed by atoms with van der Waals surface area (Å²) in [4.78, 5) is 203. The van der Waals surface area contributed by atoms with Crippen molar-refractivity contribution >= 4 is 106 Å². The van der Waals surface area contributed by atoms with Crippen LogP contribution in [-0.2, 0) is 115 Å². The average molecular weight is 1860 g/mol. The number of ketones is 2. The number of Topliss-reactive ketones (excluding diaryl/α,β-unsaturated/α-hetero) is 2. The lowest BCUT2D eigenvalue weighted by atomic mass is 9.81. The number of ether oxygens (including phenoxy) is 11. The molecule has 12 rings (SSSR count). The third kappa shape index (κ3) is 23.5. The molecular weight excluding hydrogens is 1760 g/mol. The van der Waals surface area contributed by atoms with Crippen LogP contribution in [0.3, 0.4) is 0 Å². The van der Waals surface area contributed by atoms with Crippen molar-refractivity contribution in [3.05, 3.63) is 158 Å². The molecule has 134 heavy (non-hydrogen) atoms. The zero-order valence-corrected chi connectivity index (χ0v) is 74.6. The van der Waals surface area contributed by atoms with E-state index in [1.165, 1.54) is 75.3 Å². The molecule has 0 saturated carbocycles. The van der Waals surface area contributed by atoms with Gasteiger partial charge in [0, 0.05) is 115 Å². The summed E-state index contributed by atoms with van der Waals surface area (Å²) in [6.45, 7) is 13.9. The summed E-state index contributed by atoms with van der Waals surface area (Å²) in [5, 5.41) is 49.8. The first-order chi connectivity index (χ1) is 63.4. The van der Waals surface area contributed by atoms with Gasteiger partial charge in [-0.1, -0.05) is 54.2 Å². The number of amides is 6. The number of aromatic nitrogens is 6. The number of hydrogen-bond acceptors (Lipinski definition) is 34. The molecule has 6 aliphatic rings. The number of nitrogen functional groups attached to an aromatic ring is 3. The number of H-pyrrole nitrogens is 1. The zero-order chi connectivity index (χ0) is 98.5. The highest BCUT2D eigenvalue weighted by Crippen LogP contribution is 2.47. The second-order valence-corrected chi connectivity index (χ2v) is 31.7. The maximum Gasteiger partial charge on any atom is 0.351 e. The van der Waals surface area contributed by atoms with Crippen LogP contribution in [-0.4, -0.2) is 259 Å². The topological polar surface area (TPSA) is 627 Å². The number of carboxylic acids is 2. The van der Waals surface area contributed by atoms with Gasteiger partial charge in [-0.15, -0.1) is 19.3 Å². The second-order valence-electron chi connectivity index (χ2n) is 31.7. The lowest BCUT2D eigenvalue weighted by Gasteiger charge is -2.33. The largest absolute Gasteiger partial charge is 0.479 e. The number of esters is 5. The van der Waals surface area contributed by atoms with E-state index in [2.05, 4.69) is 47.7 Å². The molecule has 6 amide bonds. The van der Waals surface area contributed by atoms with Gasteiger partial charge in [-0.25, -0.2) is 52.9 Å². The Kier molecular flexibility index (Phi) is 34.4. The number of hydrogen-bond donors (Lipinski definition) is 11. The summed E-state index contributed by atoms with van der Waals surface area (Å²) in [7, 11) is 0. The molecule has 6 aromatic rings. The summed E-state index contributed by atoms with van der Waals surface area (Å²) in [6, 6.07) is 23.1. The molecule has 3 aromatic carbocycles. The molecule has 0 radical (unpaired) electrons. The average Bonchev–Trinajstić information content (AvgIpc) is 1.62. The van der Waals surface area contributed by atoms with Crippen LogP contribution in [0.2, 0.25) is 0 Å². The number of benzene rings is 3. The van der Waals surface area contributed by atoms with Crippen molar-refractivity contribution in [3.63, 3.8) is 0 Å². The molecule has 14 atom stereocenters. The third-order valence-corrected chi connectivity index (χ3v) is 22.6. The Balaban J connectivity index is 0.000000216. The molecule has 45 heteroatoms. The van der Waals surface area contributed by atoms with Crippen molar-refractivity contribution in [3.8, 4) is 37.0 Å². The van der Waals surface area contributed by atoms with Crippen molar-refractivity contribution in [2.24, 2.45) is 10.8 Å². The van der Waals surface area contributed by atoms with Gasteiger partial charge in [0.15, 0.2) is 41.8 Å². The van der Waals surface area contributed by atoms with Crippen molar-refractivity contribution in [2.45, 2.75) is 179 Å². The van der Waals surface area contributed by atoms with E-state index in [1.807, 2.05) is 5.92 Å². The second kappa shape index (κ2) is 44.6. The van der Waals surface area contributed by atoms with Crippen molar-refractivity contribution < 1.29 is 130 Å². The predicted molar refractivity (Wildman–Crippen MR) is 471 cm³/mol. The number of urea groups is 3. The van der Waals surface area contributed by atoms with Gasteiger partial charge >= 0.3 is 76.9 Å². The number of rotatable bonds is 31. The van der Waals surface area contributed by atoms with E-state index in [4.69, 9.17) is 88.6 Å². The number of aliphatic hydroxyl groups excluding tert-OH is 1. The van der Waals surface area contributed by atoms with Crippen molar-refractivity contribution in [1.29, 1.82) is 0 Å². The van der Waals surface area contributed by atoms with E-state index in [0.29, 0.717) is 73.3 Å². The molecule has 6 aliphatic heterocycles. The first-order valence-corrected chi connectivity index (χ1v) is 42.0. The first-order valence-electron chi connectivity index (χ1n) is 42.0. The van der Waals surface area contributed by atoms with E-state index in [1.54, 1.807) is 98.2 Å². The predicted octanol–water partition coefficient (Wildman–Crippen LogP) is 1.17. The van der Waals surface area contributed by atoms with E-state index >= 15 is 0 Å². The monoisotopic (exact) mass is 1860 g/mol. The van der Waals surface area contributed by atoms with Crippen molar-refractivity contribution in [1.82, 2.24) is 45.0 Å². The molecule has 6 fully saturated rings. The van der Waals surface area contributed by atoms with Gasteiger partial charge in [0.2, 0.25) is 17.5 Å². The van der Waals surface area contributed by atoms with Crippen LogP contribution in [0.15, 0.2) is 124 Å². The smallest absolute Gasteiger partial charge is 0.351 e. The highest BCUT2D eigenvalue weighted by atomic mass is 16.7. The number of nitrogens with one attached hydrogen (secondary N) is 4. The van der Waals surface area contributed by atoms with Gasteiger partial charge in [-0.3, -0.25) is 52.8 Å². The number of carbonyl (C=O) groups is 12. The van der Waals surface area contributed by atoms with Gasteiger partial charge in [-0.2, -0.15) is 9.97 Å². The standard InChI is InChI=1S/C31H37N5O9.C29H36N2O10.C25H27N5O10.C4H5N3O/c1-6-30(5)23(45-26(25(30)44-20(4)38)36-16-13-24(32)34-29(36)41)18-43-31(19(3)37,27(39)42-7-2)17-21-9-11-22(12-10-21)35-15-8-14-33-28(35)40;1-7-28(6)23(41-25(40-20(5)34)24(28)39-19(4)33)17-38-29(18(3)32,26(35)37-8-2)16-21-10-12-22(13-11-21)31-15-9-14-30-27(31)36;1-2-24(38)16(40-19(18(24)31)30-11-8-17(26)28-23(30)37)13-39-25(20(32)33,21(34)35)12-14-4-6-15(7-5-14)29-10-3-9-27-22(29)36;5-3-1-2-6-4(8)7-3/h1,9-13,16,23,25-26H,7-8,14-15,17-18H2,2-5H3,(H,33,40)(H2,32,34,41);1,10-13,23-25H,8-9,14-17H2,2-6H3,(H,30,36);1,4-8,11,16,18-19,31,38H,3,9-10,12-13H2,(H,27,36)(H,32,33)(H,34,35)(H2,26,28,37);1-2H,(H3,5,6,7,8)/t23-,25+,26-,30+,31?;23-,24+,25?,28+,29?;16-,18+,19-,24-;/m111./s1. The number of aromatic amines is 1. The minimum Gasteiger partial charge on any atom is -0.479 e. The van der Waals surface area contributed by atoms with E-state index < -0.39 is 185 Å². The Hall–Kier alpha value is -14.5. The molecule has 0 aliphatic carbocycles. The third-order valence-electron chi connectivity index (χ3n) is 22.6. The molecule has 0 bridgehead atoms. The van der Waals surface area contributed by atoms with E-state index in [9.17, 15) is 92.3 Å². The van der Waals surface area contributed by atoms with E-state index in [-0.39, 0.29) is 61.3 Å². The highest BCUT2D eigenvalue weighted by Gasteiger charge is 2.62. The van der Waals surface area contributed by atoms with Crippen LogP contribution in [0.1, 0.15) is 111 Å². The van der Waals surface area contributed by atoms with Gasteiger partial charge in [-0.05, 0) is 132 Å². The Bertz CT molecular complexity index is 5640. The number of terminal acetylenes is 3. The summed E-state index contributed by atoms with van der Waals surface area (Å²) >= 11 is 0. The molecule has 9 heterocycles. The first kappa shape index (κ1) is 103. The minimum absolute atomic E-state index is 0.00865. The number of carboxylic acid groups (broad SMARTS) is 2. The Morgan fingerprint density at radius 3 is 1.22 bits per heavy atom. The zero-order valence-electron chi connectivity index (χ0n) is 74.6. The maximum absolute atomic E-state index is 13.4. The maximum atomic E-state index is 13.4. The molecule has 45 nitrogen and oxygen atoms in total. The number of aliphatic hydroxyl groups is 2. The van der Waals surface area contributed by atoms with Crippen molar-refractivity contribution in [2.75, 3.05) is 104 Å². The Morgan fingerprint density at radius 1 is 0.507 bits per heavy atom. The summed E-state index contributed by atoms with van der Waals surface area (Å²) in [5.74, 6) is -1.49. The van der Waals surface area contributed by atoms with Crippen LogP contribution < -0.4 is 64.9 Å². The van der Waals surface area contributed by atoms with Gasteiger partial charge in [0.25, 0.3) is 5.60 Å². The fourth-order valence-corrected chi connectivity index (χ4v) is 15.1. The molecule has 0 spiro atoms. The SMILES string of the molecule is C#C[C@@]1(C)[C@@H](COC(Cc2ccc(N3CCCNC3=O)cc2)(C(C)=O)C(=O)OCC)OC(OC(C)=O)[C@@H]1OC(C)=O.C#C[C@@]1(C)[C@@H](COC(Cc2ccc(N3CCCNC3=O)cc2)(C(C)=O)C(=O)OCC)O[C@@H](n2ccc(N)nc2=O)[C@@H]1OC(C)=O.C#C[C@@]1(O)[C@@H](COC(Cc2ccc(N3CCCNC3=O)cc2)(C(=O)O)C(=O)O)O[C@@H](n2ccc(N)nc2=O)[C@@H]1O.Nc1ccnc(=O)[nH]1. The van der Waals surface area contributed by atoms with Crippen LogP contribution in [0.25, 0.3) is 0 Å². The number of carbonyl (C=O) groups excluding carboxylic acids is 10. The summed E-state index contributed by atoms with van der Waals surface area (Å²) in [6.07, 6.45) is 10.2. The highest BCUT2D eigenvalue weighted by molar-refractivity contribution is 6.07. The Morgan fingerprint density at radius 2 is 0.873 bits per heavy atom. The molecular formula is C89H105N15O30. The van der Waals surface area contributed by atoms with Crippen LogP contribution in [0.4, 0.5) is 48.9 Å². The van der Waals surface area contributed by atoms with Crippen LogP contribution in [0, 0.1) is 47.9 Å². The molecule has 3 aromatic heterocycles. The van der Waals surface area contributed by atoms with Crippen LogP contribution >= 0.6 is 0 Å².